The van der Waals surface area contributed by atoms with Crippen molar-refractivity contribution in [2.24, 2.45) is 0 Å². The molecule has 0 spiro atoms. The van der Waals surface area contributed by atoms with E-state index in [1.807, 2.05) is 0 Å². The molecular weight excluding hydrogens is 355 g/mol. The predicted octanol–water partition coefficient (Wildman–Crippen LogP) is 4.17. The Balaban J connectivity index is 1.78. The fourth-order valence-electron chi connectivity index (χ4n) is 1.82. The summed E-state index contributed by atoms with van der Waals surface area (Å²) >= 11 is 5.73. The van der Waals surface area contributed by atoms with Crippen molar-refractivity contribution < 1.29 is 22.7 Å². The van der Waals surface area contributed by atoms with Crippen LogP contribution >= 0.6 is 11.6 Å². The van der Waals surface area contributed by atoms with E-state index in [2.05, 4.69) is 17.2 Å². The van der Waals surface area contributed by atoms with Crippen LogP contribution in [-0.4, -0.2) is 19.1 Å². The van der Waals surface area contributed by atoms with Crippen molar-refractivity contribution in [1.82, 2.24) is 5.32 Å². The highest BCUT2D eigenvalue weighted by atomic mass is 35.5. The molecule has 0 heterocycles. The van der Waals surface area contributed by atoms with Crippen molar-refractivity contribution in [1.29, 1.82) is 0 Å². The zero-order chi connectivity index (χ0) is 18.3. The molecule has 0 aliphatic carbocycles. The van der Waals surface area contributed by atoms with Gasteiger partial charge in [0, 0.05) is 10.6 Å². The maximum atomic E-state index is 12.6. The smallest absolute Gasteiger partial charge is 0.416 e. The standard InChI is InChI=1S/C18H13ClF3NO2/c19-15-8-6-13(7-9-15)17(24)23-10-1-2-11-25-16-5-3-4-14(12-16)18(20,21)22/h3-9,12H,10-11H2,(H,23,24). The first-order valence-electron chi connectivity index (χ1n) is 7.16. The van der Waals surface area contributed by atoms with Gasteiger partial charge in [0.15, 0.2) is 0 Å². The van der Waals surface area contributed by atoms with Gasteiger partial charge < -0.3 is 10.1 Å². The number of carbonyl (C=O) groups excluding carboxylic acids is 1. The van der Waals surface area contributed by atoms with Gasteiger partial charge in [0.1, 0.15) is 12.4 Å². The number of amides is 1. The Bertz CT molecular complexity index is 792. The zero-order valence-electron chi connectivity index (χ0n) is 12.9. The Labute approximate surface area is 147 Å². The van der Waals surface area contributed by atoms with E-state index in [1.54, 1.807) is 24.3 Å². The summed E-state index contributed by atoms with van der Waals surface area (Å²) in [4.78, 5) is 11.8. The third kappa shape index (κ3) is 6.05. The van der Waals surface area contributed by atoms with Crippen molar-refractivity contribution in [3.05, 3.63) is 64.7 Å². The summed E-state index contributed by atoms with van der Waals surface area (Å²) in [6.45, 7) is 0.00549. The Morgan fingerprint density at radius 1 is 1.12 bits per heavy atom. The molecular formula is C18H13ClF3NO2. The van der Waals surface area contributed by atoms with Crippen LogP contribution in [-0.2, 0) is 6.18 Å². The number of hydrogen-bond acceptors (Lipinski definition) is 2. The van der Waals surface area contributed by atoms with Gasteiger partial charge in [-0.25, -0.2) is 0 Å². The van der Waals surface area contributed by atoms with Crippen molar-refractivity contribution >= 4 is 17.5 Å². The number of hydrogen-bond donors (Lipinski definition) is 1. The molecule has 2 aromatic carbocycles. The number of alkyl halides is 3. The highest BCUT2D eigenvalue weighted by Gasteiger charge is 2.30. The number of nitrogens with one attached hydrogen (secondary N) is 1. The zero-order valence-corrected chi connectivity index (χ0v) is 13.6. The minimum Gasteiger partial charge on any atom is -0.481 e. The van der Waals surface area contributed by atoms with Gasteiger partial charge in [0.2, 0.25) is 0 Å². The van der Waals surface area contributed by atoms with E-state index in [4.69, 9.17) is 16.3 Å². The summed E-state index contributed by atoms with van der Waals surface area (Å²) in [6.07, 6.45) is -4.42. The Hall–Kier alpha value is -2.65. The third-order valence-corrected chi connectivity index (χ3v) is 3.29. The van der Waals surface area contributed by atoms with Crippen LogP contribution in [0.2, 0.25) is 5.02 Å². The second-order valence-corrected chi connectivity index (χ2v) is 5.29. The molecule has 1 amide bonds. The summed E-state index contributed by atoms with van der Waals surface area (Å²) in [7, 11) is 0. The largest absolute Gasteiger partial charge is 0.481 e. The quantitative estimate of drug-likeness (QED) is 0.824. The van der Waals surface area contributed by atoms with E-state index in [1.165, 1.54) is 12.1 Å². The van der Waals surface area contributed by atoms with Crippen LogP contribution < -0.4 is 10.1 Å². The normalized spacial score (nSPS) is 10.6. The molecule has 130 valence electrons. The molecule has 0 saturated heterocycles. The van der Waals surface area contributed by atoms with E-state index in [9.17, 15) is 18.0 Å². The Morgan fingerprint density at radius 2 is 1.84 bits per heavy atom. The highest BCUT2D eigenvalue weighted by molar-refractivity contribution is 6.30. The summed E-state index contributed by atoms with van der Waals surface area (Å²) in [6, 6.07) is 10.9. The SMILES string of the molecule is O=C(NCC#CCOc1cccc(C(F)(F)F)c1)c1ccc(Cl)cc1. The van der Waals surface area contributed by atoms with E-state index in [-0.39, 0.29) is 24.8 Å². The first-order valence-corrected chi connectivity index (χ1v) is 7.53. The van der Waals surface area contributed by atoms with Gasteiger partial charge in [-0.05, 0) is 42.5 Å². The lowest BCUT2D eigenvalue weighted by Gasteiger charge is -2.08. The summed E-state index contributed by atoms with van der Waals surface area (Å²) in [5.74, 6) is 5.05. The maximum Gasteiger partial charge on any atom is 0.416 e. The van der Waals surface area contributed by atoms with Gasteiger partial charge >= 0.3 is 6.18 Å². The molecule has 0 radical (unpaired) electrons. The first-order chi connectivity index (χ1) is 11.9. The number of benzene rings is 2. The Morgan fingerprint density at radius 3 is 2.52 bits per heavy atom. The lowest BCUT2D eigenvalue weighted by Crippen LogP contribution is -2.23. The molecule has 1 N–H and O–H groups in total. The molecule has 2 rings (SSSR count). The monoisotopic (exact) mass is 367 g/mol. The fourth-order valence-corrected chi connectivity index (χ4v) is 1.95. The molecule has 3 nitrogen and oxygen atoms in total. The van der Waals surface area contributed by atoms with Gasteiger partial charge in [-0.15, -0.1) is 0 Å². The van der Waals surface area contributed by atoms with Crippen LogP contribution in [0.4, 0.5) is 13.2 Å². The molecule has 0 saturated carbocycles. The lowest BCUT2D eigenvalue weighted by atomic mass is 10.2. The number of ether oxygens (including phenoxy) is 1. The topological polar surface area (TPSA) is 38.3 Å². The average Bonchev–Trinajstić information content (AvgIpc) is 2.58. The molecule has 0 aliphatic rings. The van der Waals surface area contributed by atoms with Crippen LogP contribution in [0, 0.1) is 11.8 Å². The molecule has 0 atom stereocenters. The number of rotatable bonds is 4. The minimum absolute atomic E-state index is 0.0781. The van der Waals surface area contributed by atoms with E-state index >= 15 is 0 Å². The van der Waals surface area contributed by atoms with Crippen LogP contribution in [0.25, 0.3) is 0 Å². The van der Waals surface area contributed by atoms with Crippen molar-refractivity contribution in [3.63, 3.8) is 0 Å². The van der Waals surface area contributed by atoms with E-state index in [0.717, 1.165) is 12.1 Å². The molecule has 0 bridgehead atoms. The van der Waals surface area contributed by atoms with Gasteiger partial charge in [-0.2, -0.15) is 13.2 Å². The van der Waals surface area contributed by atoms with Gasteiger partial charge in [-0.3, -0.25) is 4.79 Å². The van der Waals surface area contributed by atoms with Crippen LogP contribution in [0.1, 0.15) is 15.9 Å². The highest BCUT2D eigenvalue weighted by Crippen LogP contribution is 2.31. The summed E-state index contributed by atoms with van der Waals surface area (Å²) in [5, 5.41) is 3.12. The minimum atomic E-state index is -4.42. The second kappa shape index (κ2) is 8.45. The Kier molecular flexibility index (Phi) is 6.31. The van der Waals surface area contributed by atoms with Crippen LogP contribution in [0.15, 0.2) is 48.5 Å². The van der Waals surface area contributed by atoms with E-state index < -0.39 is 11.7 Å². The lowest BCUT2D eigenvalue weighted by molar-refractivity contribution is -0.137. The summed E-state index contributed by atoms with van der Waals surface area (Å²) < 4.78 is 42.8. The molecule has 25 heavy (non-hydrogen) atoms. The van der Waals surface area contributed by atoms with Gasteiger partial charge in [0.05, 0.1) is 12.1 Å². The molecule has 0 unspecified atom stereocenters. The molecule has 0 aromatic heterocycles. The van der Waals surface area contributed by atoms with Crippen molar-refractivity contribution in [2.75, 3.05) is 13.2 Å². The van der Waals surface area contributed by atoms with E-state index in [0.29, 0.717) is 10.6 Å². The molecule has 0 fully saturated rings. The second-order valence-electron chi connectivity index (χ2n) is 4.86. The number of carbonyl (C=O) groups is 1. The predicted molar refractivity (Wildman–Crippen MR) is 88.5 cm³/mol. The van der Waals surface area contributed by atoms with Gasteiger partial charge in [-0.1, -0.05) is 29.5 Å². The summed E-state index contributed by atoms with van der Waals surface area (Å²) in [5.41, 5.74) is -0.334. The third-order valence-electron chi connectivity index (χ3n) is 3.04. The molecule has 2 aromatic rings. The maximum absolute atomic E-state index is 12.6. The van der Waals surface area contributed by atoms with Crippen molar-refractivity contribution in [2.45, 2.75) is 6.18 Å². The van der Waals surface area contributed by atoms with Gasteiger partial charge in [0.25, 0.3) is 5.91 Å². The molecule has 7 heteroatoms. The fraction of sp³-hybridized carbons (Fsp3) is 0.167. The van der Waals surface area contributed by atoms with Crippen LogP contribution in [0.3, 0.4) is 0 Å². The molecule has 0 aliphatic heterocycles. The van der Waals surface area contributed by atoms with Crippen molar-refractivity contribution in [3.8, 4) is 17.6 Å². The van der Waals surface area contributed by atoms with Crippen LogP contribution in [0.5, 0.6) is 5.75 Å². The first kappa shape index (κ1) is 18.7. The number of halogens is 4. The average molecular weight is 368 g/mol.